The minimum absolute atomic E-state index is 0.669. The Balaban J connectivity index is 1.52. The number of methoxy groups -OCH3 is 1. The third kappa shape index (κ3) is 3.76. The number of nitrogens with zero attached hydrogens (tertiary/aromatic N) is 2. The number of rotatable bonds is 4. The summed E-state index contributed by atoms with van der Waals surface area (Å²) in [7, 11) is 3.85. The molecule has 0 saturated heterocycles. The first-order valence-electron chi connectivity index (χ1n) is 9.17. The molecule has 0 saturated carbocycles. The molecular weight excluding hydrogens is 346 g/mol. The molecule has 4 rings (SSSR count). The summed E-state index contributed by atoms with van der Waals surface area (Å²) in [5.41, 5.74) is 4.71. The van der Waals surface area contributed by atoms with Gasteiger partial charge >= 0.3 is 0 Å². The normalized spacial score (nSPS) is 16.8. The van der Waals surface area contributed by atoms with E-state index in [2.05, 4.69) is 40.9 Å². The number of likely N-dealkylation sites (N-methyl/N-ethyl adjacent to an activating group) is 1. The van der Waals surface area contributed by atoms with Gasteiger partial charge in [0.15, 0.2) is 0 Å². The van der Waals surface area contributed by atoms with Crippen LogP contribution in [0.25, 0.3) is 0 Å². The lowest BCUT2D eigenvalue weighted by atomic mass is 10.1. The molecule has 138 valence electrons. The summed E-state index contributed by atoms with van der Waals surface area (Å²) < 4.78 is 14.7. The highest BCUT2D eigenvalue weighted by Gasteiger charge is 2.17. The molecule has 0 spiro atoms. The molecule has 0 aliphatic carbocycles. The zero-order chi connectivity index (χ0) is 17.9. The number of anilines is 1. The molecule has 26 heavy (non-hydrogen) atoms. The predicted molar refractivity (Wildman–Crippen MR) is 105 cm³/mol. The molecule has 0 unspecified atom stereocenters. The lowest BCUT2D eigenvalue weighted by Gasteiger charge is -2.18. The maximum absolute atomic E-state index is 5.70. The molecule has 1 aromatic carbocycles. The van der Waals surface area contributed by atoms with Crippen LogP contribution in [-0.4, -0.2) is 43.7 Å². The van der Waals surface area contributed by atoms with E-state index >= 15 is 0 Å². The monoisotopic (exact) mass is 371 g/mol. The minimum atomic E-state index is 0.669. The minimum Gasteiger partial charge on any atom is -0.493 e. The van der Waals surface area contributed by atoms with Gasteiger partial charge in [-0.1, -0.05) is 0 Å². The number of ether oxygens (including phenoxy) is 2. The molecule has 0 atom stereocenters. The summed E-state index contributed by atoms with van der Waals surface area (Å²) >= 11 is 1.60. The van der Waals surface area contributed by atoms with Crippen LogP contribution in [0.1, 0.15) is 23.2 Å². The van der Waals surface area contributed by atoms with Crippen molar-refractivity contribution in [2.75, 3.05) is 38.6 Å². The average Bonchev–Trinajstić information content (AvgIpc) is 2.86. The van der Waals surface area contributed by atoms with E-state index in [1.165, 1.54) is 16.0 Å². The Kier molecular flexibility index (Phi) is 5.22. The SMILES string of the molecule is COc1nc2c(cc1NSc1ccc3c(c1)CCCO3)CCN(C)CC2. The van der Waals surface area contributed by atoms with Crippen molar-refractivity contribution in [3.05, 3.63) is 41.1 Å². The number of aryl methyl sites for hydroxylation is 1. The summed E-state index contributed by atoms with van der Waals surface area (Å²) in [6.45, 7) is 2.94. The smallest absolute Gasteiger partial charge is 0.238 e. The van der Waals surface area contributed by atoms with Gasteiger partial charge in [0, 0.05) is 30.1 Å². The van der Waals surface area contributed by atoms with Gasteiger partial charge in [0.05, 0.1) is 13.7 Å². The fourth-order valence-electron chi connectivity index (χ4n) is 3.47. The van der Waals surface area contributed by atoms with Gasteiger partial charge in [-0.05, 0) is 73.7 Å². The van der Waals surface area contributed by atoms with Gasteiger partial charge in [-0.15, -0.1) is 0 Å². The van der Waals surface area contributed by atoms with Gasteiger partial charge in [0.2, 0.25) is 5.88 Å². The summed E-state index contributed by atoms with van der Waals surface area (Å²) in [5, 5.41) is 0. The largest absolute Gasteiger partial charge is 0.493 e. The fourth-order valence-corrected chi connectivity index (χ4v) is 4.18. The molecule has 6 heteroatoms. The van der Waals surface area contributed by atoms with Crippen LogP contribution in [0.5, 0.6) is 11.6 Å². The van der Waals surface area contributed by atoms with Crippen molar-refractivity contribution in [3.8, 4) is 11.6 Å². The Hall–Kier alpha value is -1.92. The molecule has 2 aliphatic rings. The van der Waals surface area contributed by atoms with Gasteiger partial charge in [0.25, 0.3) is 0 Å². The fraction of sp³-hybridized carbons (Fsp3) is 0.450. The molecule has 2 aliphatic heterocycles. The number of nitrogens with one attached hydrogen (secondary N) is 1. The maximum atomic E-state index is 5.70. The van der Waals surface area contributed by atoms with Crippen molar-refractivity contribution < 1.29 is 9.47 Å². The maximum Gasteiger partial charge on any atom is 0.238 e. The number of aromatic nitrogens is 1. The number of benzene rings is 1. The second kappa shape index (κ2) is 7.76. The molecule has 0 bridgehead atoms. The van der Waals surface area contributed by atoms with E-state index in [0.29, 0.717) is 5.88 Å². The van der Waals surface area contributed by atoms with E-state index in [-0.39, 0.29) is 0 Å². The predicted octanol–water partition coefficient (Wildman–Crippen LogP) is 3.56. The van der Waals surface area contributed by atoms with Gasteiger partial charge in [-0.3, -0.25) is 0 Å². The van der Waals surface area contributed by atoms with E-state index in [0.717, 1.165) is 62.5 Å². The van der Waals surface area contributed by atoms with Crippen LogP contribution in [0, 0.1) is 0 Å². The average molecular weight is 372 g/mol. The van der Waals surface area contributed by atoms with Crippen LogP contribution in [0.2, 0.25) is 0 Å². The molecule has 2 aromatic rings. The van der Waals surface area contributed by atoms with E-state index in [1.54, 1.807) is 19.1 Å². The van der Waals surface area contributed by atoms with Crippen molar-refractivity contribution in [1.29, 1.82) is 0 Å². The van der Waals surface area contributed by atoms with Gasteiger partial charge in [-0.25, -0.2) is 4.98 Å². The summed E-state index contributed by atoms with van der Waals surface area (Å²) in [6, 6.07) is 8.58. The van der Waals surface area contributed by atoms with Gasteiger partial charge in [-0.2, -0.15) is 0 Å². The van der Waals surface area contributed by atoms with Crippen molar-refractivity contribution >= 4 is 17.6 Å². The molecule has 0 radical (unpaired) electrons. The molecular formula is C20H25N3O2S. The van der Waals surface area contributed by atoms with Gasteiger partial charge < -0.3 is 19.1 Å². The lowest BCUT2D eigenvalue weighted by molar-refractivity contribution is 0.288. The second-order valence-electron chi connectivity index (χ2n) is 6.88. The first-order chi connectivity index (χ1) is 12.7. The van der Waals surface area contributed by atoms with E-state index in [1.807, 2.05) is 0 Å². The first-order valence-corrected chi connectivity index (χ1v) is 9.98. The van der Waals surface area contributed by atoms with E-state index in [4.69, 9.17) is 14.5 Å². The summed E-state index contributed by atoms with van der Waals surface area (Å²) in [6.07, 6.45) is 4.17. The van der Waals surface area contributed by atoms with Crippen LogP contribution in [0.15, 0.2) is 29.2 Å². The van der Waals surface area contributed by atoms with Crippen LogP contribution in [0.4, 0.5) is 5.69 Å². The summed E-state index contributed by atoms with van der Waals surface area (Å²) in [5.74, 6) is 1.69. The van der Waals surface area contributed by atoms with Crippen LogP contribution in [-0.2, 0) is 19.3 Å². The molecule has 3 heterocycles. The third-order valence-corrected chi connectivity index (χ3v) is 5.81. The molecule has 5 nitrogen and oxygen atoms in total. The quantitative estimate of drug-likeness (QED) is 0.829. The van der Waals surface area contributed by atoms with Crippen molar-refractivity contribution in [3.63, 3.8) is 0 Å². The zero-order valence-electron chi connectivity index (χ0n) is 15.4. The van der Waals surface area contributed by atoms with Crippen LogP contribution >= 0.6 is 11.9 Å². The number of hydrogen-bond acceptors (Lipinski definition) is 6. The number of fused-ring (bicyclic) bond motifs is 2. The Morgan fingerprint density at radius 3 is 2.92 bits per heavy atom. The molecule has 1 aromatic heterocycles. The van der Waals surface area contributed by atoms with E-state index < -0.39 is 0 Å². The van der Waals surface area contributed by atoms with Crippen molar-refractivity contribution in [2.24, 2.45) is 0 Å². The first kappa shape index (κ1) is 17.5. The highest BCUT2D eigenvalue weighted by Crippen LogP contribution is 2.33. The van der Waals surface area contributed by atoms with E-state index in [9.17, 15) is 0 Å². The number of hydrogen-bond donors (Lipinski definition) is 1. The zero-order valence-corrected chi connectivity index (χ0v) is 16.2. The topological polar surface area (TPSA) is 46.6 Å². The lowest BCUT2D eigenvalue weighted by Crippen LogP contribution is -2.20. The van der Waals surface area contributed by atoms with Crippen molar-refractivity contribution in [1.82, 2.24) is 9.88 Å². The Labute approximate surface area is 159 Å². The Morgan fingerprint density at radius 2 is 2.04 bits per heavy atom. The number of pyridine rings is 1. The second-order valence-corrected chi connectivity index (χ2v) is 7.76. The van der Waals surface area contributed by atoms with Gasteiger partial charge in [0.1, 0.15) is 11.4 Å². The molecule has 1 N–H and O–H groups in total. The Bertz CT molecular complexity index is 797. The standard InChI is InChI=1S/C20H25N3O2S/c1-23-9-7-14-13-18(20(24-2)21-17(14)8-10-23)22-26-16-5-6-19-15(12-16)4-3-11-25-19/h5-6,12-13,22H,3-4,7-11H2,1-2H3. The highest BCUT2D eigenvalue weighted by molar-refractivity contribution is 8.00. The third-order valence-electron chi connectivity index (χ3n) is 5.00. The van der Waals surface area contributed by atoms with Crippen LogP contribution in [0.3, 0.4) is 0 Å². The molecule has 0 amide bonds. The molecule has 0 fully saturated rings. The van der Waals surface area contributed by atoms with Crippen LogP contribution < -0.4 is 14.2 Å². The Morgan fingerprint density at radius 1 is 1.15 bits per heavy atom. The highest BCUT2D eigenvalue weighted by atomic mass is 32.2. The van der Waals surface area contributed by atoms with Crippen molar-refractivity contribution in [2.45, 2.75) is 30.6 Å². The summed E-state index contributed by atoms with van der Waals surface area (Å²) in [4.78, 5) is 8.29.